The number of aliphatic carboxylic acids is 1. The zero-order valence-electron chi connectivity index (χ0n) is 43.7. The summed E-state index contributed by atoms with van der Waals surface area (Å²) in [7, 11) is 0. The minimum atomic E-state index is -1.47. The number of nitrogens with two attached hydrogens (primary N) is 2. The predicted molar refractivity (Wildman–Crippen MR) is 284 cm³/mol. The number of amides is 8. The summed E-state index contributed by atoms with van der Waals surface area (Å²) in [5.41, 5.74) is 13.1. The number of rotatable bonds is 25. The van der Waals surface area contributed by atoms with Gasteiger partial charge in [0.25, 0.3) is 5.91 Å². The number of anilines is 1. The summed E-state index contributed by atoms with van der Waals surface area (Å²) in [6, 6.07) is 1.54. The third-order valence-corrected chi connectivity index (χ3v) is 13.5. The van der Waals surface area contributed by atoms with Crippen molar-refractivity contribution in [3.8, 4) is 5.75 Å². The lowest BCUT2D eigenvalue weighted by atomic mass is 10.1. The van der Waals surface area contributed by atoms with E-state index >= 15 is 0 Å². The highest BCUT2D eigenvalue weighted by Crippen LogP contribution is 2.32. The third kappa shape index (κ3) is 13.8. The first-order valence-corrected chi connectivity index (χ1v) is 26.1. The second kappa shape index (κ2) is 25.6. The Morgan fingerprint density at radius 1 is 0.912 bits per heavy atom. The number of pyridine rings is 1. The van der Waals surface area contributed by atoms with Gasteiger partial charge in [-0.3, -0.25) is 57.9 Å². The van der Waals surface area contributed by atoms with Crippen LogP contribution in [-0.2, 0) is 59.4 Å². The van der Waals surface area contributed by atoms with E-state index in [9.17, 15) is 53.1 Å². The highest BCUT2D eigenvalue weighted by molar-refractivity contribution is 7.81. The van der Waals surface area contributed by atoms with E-state index in [0.29, 0.717) is 45.4 Å². The normalized spacial score (nSPS) is 14.4. The summed E-state index contributed by atoms with van der Waals surface area (Å²) in [5, 5.41) is 15.8. The molecule has 1 aliphatic rings. The molecule has 3 atom stereocenters. The van der Waals surface area contributed by atoms with Crippen LogP contribution < -0.4 is 37.0 Å². The number of esters is 1. The van der Waals surface area contributed by atoms with E-state index in [1.807, 2.05) is 6.92 Å². The number of oxazole rings is 2. The van der Waals surface area contributed by atoms with Crippen molar-refractivity contribution in [3.05, 3.63) is 87.2 Å². The molecular weight excluding hydrogens is 1090 g/mol. The molecule has 1 saturated heterocycles. The summed E-state index contributed by atoms with van der Waals surface area (Å²) in [6.45, 7) is 7.04. The first-order valence-electron chi connectivity index (χ1n) is 24.8. The molecule has 1 aromatic carbocycles. The monoisotopic (exact) mass is 1140 g/mol. The topological polar surface area (TPSA) is 401 Å². The lowest BCUT2D eigenvalue weighted by Gasteiger charge is -2.22. The van der Waals surface area contributed by atoms with Crippen LogP contribution in [0.4, 0.5) is 5.95 Å². The van der Waals surface area contributed by atoms with Crippen LogP contribution in [0.1, 0.15) is 111 Å². The number of carboxylic acids is 1. The Balaban J connectivity index is 1.10. The van der Waals surface area contributed by atoms with Crippen molar-refractivity contribution >= 4 is 110 Å². The second-order valence-corrected chi connectivity index (χ2v) is 19.5. The van der Waals surface area contributed by atoms with Gasteiger partial charge in [0.2, 0.25) is 52.9 Å². The fourth-order valence-corrected chi connectivity index (χ4v) is 9.51. The number of likely N-dealkylation sites (tertiary alicyclic amines) is 1. The van der Waals surface area contributed by atoms with Gasteiger partial charge in [0, 0.05) is 58.0 Å². The van der Waals surface area contributed by atoms with Crippen molar-refractivity contribution < 1.29 is 71.4 Å². The molecule has 0 spiro atoms. The number of thiazole rings is 1. The Hall–Kier alpha value is -9.06. The van der Waals surface area contributed by atoms with Gasteiger partial charge < -0.3 is 50.1 Å². The fourth-order valence-electron chi connectivity index (χ4n) is 8.18. The summed E-state index contributed by atoms with van der Waals surface area (Å²) >= 11 is 5.10. The average molecular weight is 1140 g/mol. The molecule has 8 N–H and O–H groups in total. The molecule has 7 rings (SSSR count). The van der Waals surface area contributed by atoms with Gasteiger partial charge in [-0.25, -0.2) is 24.7 Å². The molecule has 0 saturated carbocycles. The second-order valence-electron chi connectivity index (χ2n) is 17.9. The summed E-state index contributed by atoms with van der Waals surface area (Å²) < 4.78 is 26.6. The van der Waals surface area contributed by atoms with Gasteiger partial charge in [0.15, 0.2) is 22.2 Å². The van der Waals surface area contributed by atoms with Gasteiger partial charge >= 0.3 is 17.8 Å². The van der Waals surface area contributed by atoms with Gasteiger partial charge in [-0.2, -0.15) is 17.6 Å². The third-order valence-electron chi connectivity index (χ3n) is 12.1. The molecule has 8 amide bonds. The molecule has 422 valence electrons. The Kier molecular flexibility index (Phi) is 18.8. The fraction of sp³-hybridized carbons (Fsp3) is 0.380. The summed E-state index contributed by atoms with van der Waals surface area (Å²) in [5.74, 6) is -7.76. The van der Waals surface area contributed by atoms with Crippen LogP contribution in [0.2, 0.25) is 0 Å². The number of aryl methyl sites for hydroxylation is 4. The largest absolute Gasteiger partial charge is 0.491 e. The number of fused-ring (bicyclic) bond motifs is 2. The minimum Gasteiger partial charge on any atom is -0.491 e. The van der Waals surface area contributed by atoms with Crippen molar-refractivity contribution in [2.45, 2.75) is 104 Å². The Labute approximate surface area is 462 Å². The number of thiol groups is 1. The SMILES string of the molecule is CCc1nc(C)oc1C(=O)/N=c1\sc2cc(C(N)=O)cnc2n1C/C=C/Cn1c(NC(=O)c2oc(C)nc2CC)nc2cc(C(N)=O)cc(OCCCOC(=O)[C@H](C)NC(=O)[C@H](CCC(=O)O)NC(=O)CN3C(=O)CC(S)C3=O)c21. The Morgan fingerprint density at radius 2 is 1.57 bits per heavy atom. The van der Waals surface area contributed by atoms with Gasteiger partial charge in [0.1, 0.15) is 29.9 Å². The molecule has 30 heteroatoms. The zero-order valence-corrected chi connectivity index (χ0v) is 45.4. The van der Waals surface area contributed by atoms with E-state index < -0.39 is 95.9 Å². The van der Waals surface area contributed by atoms with Crippen molar-refractivity contribution in [3.63, 3.8) is 0 Å². The Bertz CT molecular complexity index is 3570. The number of imide groups is 1. The van der Waals surface area contributed by atoms with E-state index in [1.165, 1.54) is 31.3 Å². The summed E-state index contributed by atoms with van der Waals surface area (Å²) in [6.07, 6.45) is 4.40. The summed E-state index contributed by atoms with van der Waals surface area (Å²) in [4.78, 5) is 150. The van der Waals surface area contributed by atoms with E-state index in [1.54, 1.807) is 42.1 Å². The van der Waals surface area contributed by atoms with Crippen LogP contribution in [0, 0.1) is 13.8 Å². The molecule has 28 nitrogen and oxygen atoms in total. The molecule has 1 aliphatic heterocycles. The molecule has 1 fully saturated rings. The number of nitrogens with one attached hydrogen (secondary N) is 3. The van der Waals surface area contributed by atoms with E-state index in [4.69, 9.17) is 29.8 Å². The standard InChI is InChI=1S/C50H55N13O15S2/c1-6-28-39(77-24(4)55-28)45(71)59-49-58-31-17-26(41(51)68)18-32(75-15-10-16-76-48(74)23(3)54-44(70)30(11-12-37(66)67)57-35(64)22-63-36(65)20-33(79)47(63)73)38(31)61(49)13-8-9-14-62-43-34(19-27(21-53-43)42(52)69)80-50(62)60-46(72)40-29(7-2)56-25(5)78-40/h8-9,17-19,21,23,30,33,79H,6-7,10-16,20,22H2,1-5H3,(H2,51,68)(H2,52,69)(H,54,70)(H,57,64)(H,66,67)(H,58,59,71)/b9-8+,60-50-/t23-,30-,33?/m0/s1. The maximum atomic E-state index is 13.8. The number of hydrogen-bond donors (Lipinski definition) is 7. The van der Waals surface area contributed by atoms with Gasteiger partial charge in [-0.1, -0.05) is 37.3 Å². The molecule has 0 radical (unpaired) electrons. The number of nitrogens with zero attached hydrogens (tertiary/aromatic N) is 8. The lowest BCUT2D eigenvalue weighted by molar-refractivity contribution is -0.148. The highest BCUT2D eigenvalue weighted by Gasteiger charge is 2.38. The van der Waals surface area contributed by atoms with E-state index in [0.717, 1.165) is 11.3 Å². The van der Waals surface area contributed by atoms with Crippen molar-refractivity contribution in [2.75, 3.05) is 25.1 Å². The average Bonchev–Trinajstić information content (AvgIpc) is 4.36. The molecule has 5 aromatic heterocycles. The number of ether oxygens (including phenoxy) is 2. The number of aromatic nitrogens is 6. The molecule has 6 aromatic rings. The molecule has 6 heterocycles. The predicted octanol–water partition coefficient (Wildman–Crippen LogP) is 1.84. The number of carbonyl (C=O) groups is 10. The first-order chi connectivity index (χ1) is 38.1. The number of allylic oxidation sites excluding steroid dienone is 2. The van der Waals surface area contributed by atoms with Crippen LogP contribution in [0.3, 0.4) is 0 Å². The van der Waals surface area contributed by atoms with Crippen molar-refractivity contribution in [1.82, 2.24) is 44.6 Å². The van der Waals surface area contributed by atoms with Crippen molar-refractivity contribution in [1.29, 1.82) is 0 Å². The maximum absolute atomic E-state index is 13.8. The van der Waals surface area contributed by atoms with Crippen LogP contribution in [-0.4, -0.2) is 135 Å². The van der Waals surface area contributed by atoms with E-state index in [-0.39, 0.29) is 95.2 Å². The van der Waals surface area contributed by atoms with Crippen LogP contribution in [0.5, 0.6) is 5.75 Å². The zero-order chi connectivity index (χ0) is 58.1. The molecule has 1 unspecified atom stereocenters. The van der Waals surface area contributed by atoms with Gasteiger partial charge in [0.05, 0.1) is 45.6 Å². The van der Waals surface area contributed by atoms with Crippen LogP contribution in [0.25, 0.3) is 21.4 Å². The highest BCUT2D eigenvalue weighted by atomic mass is 32.1. The van der Waals surface area contributed by atoms with Gasteiger partial charge in [-0.15, -0.1) is 0 Å². The molecule has 0 aliphatic carbocycles. The minimum absolute atomic E-state index is 0.00651. The number of carboxylic acid groups (broad SMARTS) is 1. The smallest absolute Gasteiger partial charge is 0.328 e. The maximum Gasteiger partial charge on any atom is 0.328 e. The number of carbonyl (C=O) groups excluding carboxylic acids is 9. The quantitative estimate of drug-likeness (QED) is 0.0141. The van der Waals surface area contributed by atoms with Crippen molar-refractivity contribution in [2.24, 2.45) is 16.5 Å². The Morgan fingerprint density at radius 3 is 2.21 bits per heavy atom. The molecule has 80 heavy (non-hydrogen) atoms. The van der Waals surface area contributed by atoms with Crippen LogP contribution >= 0.6 is 24.0 Å². The van der Waals surface area contributed by atoms with Gasteiger partial charge in [-0.05, 0) is 44.4 Å². The van der Waals surface area contributed by atoms with E-state index in [2.05, 4.69) is 53.5 Å². The number of benzene rings is 1. The number of primary amides is 2. The number of imidazole rings is 1. The lowest BCUT2D eigenvalue weighted by Crippen LogP contribution is -2.53. The molecule has 0 bridgehead atoms. The molecular formula is C50H55N13O15S2. The first kappa shape index (κ1) is 58.6. The number of hydrogen-bond acceptors (Lipinski definition) is 20. The van der Waals surface area contributed by atoms with Crippen LogP contribution in [0.15, 0.2) is 50.4 Å².